The van der Waals surface area contributed by atoms with Crippen molar-refractivity contribution in [3.63, 3.8) is 0 Å². The maximum absolute atomic E-state index is 5.69. The van der Waals surface area contributed by atoms with Gasteiger partial charge in [-0.1, -0.05) is 25.6 Å². The van der Waals surface area contributed by atoms with E-state index in [2.05, 4.69) is 22.0 Å². The average Bonchev–Trinajstić information content (AvgIpc) is 2.77. The van der Waals surface area contributed by atoms with Crippen molar-refractivity contribution in [2.24, 2.45) is 11.7 Å². The zero-order valence-corrected chi connectivity index (χ0v) is 10.2. The van der Waals surface area contributed by atoms with Gasteiger partial charge in [0.2, 0.25) is 0 Å². The topological polar surface area (TPSA) is 55.0 Å². The molecule has 2 heterocycles. The summed E-state index contributed by atoms with van der Waals surface area (Å²) in [6, 6.07) is 1.84. The highest BCUT2D eigenvalue weighted by atomic mass is 32.1. The van der Waals surface area contributed by atoms with Crippen LogP contribution in [0.2, 0.25) is 0 Å². The largest absolute Gasteiger partial charge is 0.389 e. The van der Waals surface area contributed by atoms with Gasteiger partial charge in [0.15, 0.2) is 5.82 Å². The molecule has 1 aromatic heterocycles. The van der Waals surface area contributed by atoms with Crippen LogP contribution in [-0.2, 0) is 0 Å². The first-order valence-electron chi connectivity index (χ1n) is 5.58. The molecule has 0 radical (unpaired) electrons. The van der Waals surface area contributed by atoms with E-state index in [0.717, 1.165) is 30.4 Å². The molecular formula is C11H16N4S. The van der Waals surface area contributed by atoms with E-state index in [9.17, 15) is 0 Å². The molecule has 2 rings (SSSR count). The zero-order valence-electron chi connectivity index (χ0n) is 9.39. The summed E-state index contributed by atoms with van der Waals surface area (Å²) < 4.78 is 0. The molecule has 1 unspecified atom stereocenters. The van der Waals surface area contributed by atoms with Crippen LogP contribution in [0, 0.1) is 5.92 Å². The first-order valence-corrected chi connectivity index (χ1v) is 5.99. The third-order valence-corrected chi connectivity index (χ3v) is 3.35. The summed E-state index contributed by atoms with van der Waals surface area (Å²) in [6.45, 7) is 4.27. The van der Waals surface area contributed by atoms with E-state index in [0.29, 0.717) is 4.99 Å². The molecule has 0 bridgehead atoms. The van der Waals surface area contributed by atoms with Gasteiger partial charge in [0, 0.05) is 13.1 Å². The molecule has 86 valence electrons. The Morgan fingerprint density at radius 2 is 2.50 bits per heavy atom. The second-order valence-corrected chi connectivity index (χ2v) is 4.58. The number of aromatic nitrogens is 2. The van der Waals surface area contributed by atoms with Gasteiger partial charge in [-0.15, -0.1) is 5.10 Å². The molecule has 2 N–H and O–H groups in total. The minimum atomic E-state index is 0.393. The Hall–Kier alpha value is -1.23. The van der Waals surface area contributed by atoms with E-state index < -0.39 is 0 Å². The standard InChI is InChI=1S/C11H16N4S/c1-2-8-4-6-15(7-8)11-9(10(12)16)3-5-13-14-11/h3,5,8H,2,4,6-7H2,1H3,(H2,12,16). The van der Waals surface area contributed by atoms with Crippen molar-refractivity contribution < 1.29 is 0 Å². The Labute approximate surface area is 101 Å². The molecule has 1 aliphatic rings. The molecule has 0 aromatic carbocycles. The van der Waals surface area contributed by atoms with Crippen molar-refractivity contribution in [1.29, 1.82) is 0 Å². The van der Waals surface area contributed by atoms with Gasteiger partial charge in [-0.3, -0.25) is 0 Å². The molecule has 1 atom stereocenters. The van der Waals surface area contributed by atoms with Gasteiger partial charge in [0.25, 0.3) is 0 Å². The number of nitrogens with two attached hydrogens (primary N) is 1. The molecule has 0 saturated carbocycles. The lowest BCUT2D eigenvalue weighted by Crippen LogP contribution is -2.25. The van der Waals surface area contributed by atoms with Crippen LogP contribution < -0.4 is 10.6 Å². The van der Waals surface area contributed by atoms with Crippen LogP contribution in [0.3, 0.4) is 0 Å². The number of nitrogens with zero attached hydrogens (tertiary/aromatic N) is 3. The molecule has 1 aromatic rings. The second-order valence-electron chi connectivity index (χ2n) is 4.14. The molecule has 4 nitrogen and oxygen atoms in total. The zero-order chi connectivity index (χ0) is 11.5. The Balaban J connectivity index is 2.24. The normalized spacial score (nSPS) is 20.1. The second kappa shape index (κ2) is 4.74. The molecule has 0 aliphatic carbocycles. The molecule has 0 amide bonds. The van der Waals surface area contributed by atoms with Gasteiger partial charge >= 0.3 is 0 Å². The highest BCUT2D eigenvalue weighted by molar-refractivity contribution is 7.80. The lowest BCUT2D eigenvalue weighted by Gasteiger charge is -2.19. The summed E-state index contributed by atoms with van der Waals surface area (Å²) in [5.74, 6) is 1.59. The predicted octanol–water partition coefficient (Wildman–Crippen LogP) is 1.35. The van der Waals surface area contributed by atoms with Crippen molar-refractivity contribution in [3.8, 4) is 0 Å². The van der Waals surface area contributed by atoms with Gasteiger partial charge < -0.3 is 10.6 Å². The molecule has 5 heteroatoms. The van der Waals surface area contributed by atoms with Gasteiger partial charge in [-0.25, -0.2) is 0 Å². The summed E-state index contributed by atoms with van der Waals surface area (Å²) in [5, 5.41) is 8.08. The van der Waals surface area contributed by atoms with E-state index in [-0.39, 0.29) is 0 Å². The minimum Gasteiger partial charge on any atom is -0.389 e. The van der Waals surface area contributed by atoms with Gasteiger partial charge in [0.05, 0.1) is 11.8 Å². The lowest BCUT2D eigenvalue weighted by molar-refractivity contribution is 0.568. The Morgan fingerprint density at radius 3 is 3.12 bits per heavy atom. The third kappa shape index (κ3) is 2.14. The van der Waals surface area contributed by atoms with Crippen LogP contribution in [0.25, 0.3) is 0 Å². The predicted molar refractivity (Wildman–Crippen MR) is 68.5 cm³/mol. The van der Waals surface area contributed by atoms with Crippen molar-refractivity contribution in [3.05, 3.63) is 17.8 Å². The van der Waals surface area contributed by atoms with Gasteiger partial charge in [0.1, 0.15) is 4.99 Å². The van der Waals surface area contributed by atoms with E-state index >= 15 is 0 Å². The summed E-state index contributed by atoms with van der Waals surface area (Å²) in [7, 11) is 0. The fourth-order valence-corrected chi connectivity index (χ4v) is 2.27. The van der Waals surface area contributed by atoms with Crippen LogP contribution in [-0.4, -0.2) is 28.3 Å². The van der Waals surface area contributed by atoms with E-state index in [1.807, 2.05) is 6.07 Å². The quantitative estimate of drug-likeness (QED) is 0.803. The summed E-state index contributed by atoms with van der Waals surface area (Å²) >= 11 is 5.03. The maximum atomic E-state index is 5.69. The summed E-state index contributed by atoms with van der Waals surface area (Å²) in [5.41, 5.74) is 6.52. The lowest BCUT2D eigenvalue weighted by atomic mass is 10.1. The molecular weight excluding hydrogens is 220 g/mol. The van der Waals surface area contributed by atoms with Crippen molar-refractivity contribution in [2.75, 3.05) is 18.0 Å². The number of hydrogen-bond acceptors (Lipinski definition) is 4. The first kappa shape index (κ1) is 11.3. The van der Waals surface area contributed by atoms with Crippen LogP contribution in [0.15, 0.2) is 12.3 Å². The van der Waals surface area contributed by atoms with Crippen molar-refractivity contribution in [2.45, 2.75) is 19.8 Å². The maximum Gasteiger partial charge on any atom is 0.161 e. The average molecular weight is 236 g/mol. The van der Waals surface area contributed by atoms with Crippen molar-refractivity contribution in [1.82, 2.24) is 10.2 Å². The Morgan fingerprint density at radius 1 is 1.69 bits per heavy atom. The third-order valence-electron chi connectivity index (χ3n) is 3.13. The number of anilines is 1. The smallest absolute Gasteiger partial charge is 0.161 e. The van der Waals surface area contributed by atoms with Crippen LogP contribution in [0.1, 0.15) is 25.3 Å². The van der Waals surface area contributed by atoms with Crippen LogP contribution >= 0.6 is 12.2 Å². The fraction of sp³-hybridized carbons (Fsp3) is 0.545. The van der Waals surface area contributed by atoms with Gasteiger partial charge in [-0.2, -0.15) is 5.10 Å². The fourth-order valence-electron chi connectivity index (χ4n) is 2.11. The van der Waals surface area contributed by atoms with E-state index in [1.54, 1.807) is 6.20 Å². The highest BCUT2D eigenvalue weighted by Gasteiger charge is 2.24. The number of rotatable bonds is 3. The molecule has 1 saturated heterocycles. The summed E-state index contributed by atoms with van der Waals surface area (Å²) in [6.07, 6.45) is 4.05. The van der Waals surface area contributed by atoms with Gasteiger partial charge in [-0.05, 0) is 18.4 Å². The molecule has 1 aliphatic heterocycles. The minimum absolute atomic E-state index is 0.393. The Bertz CT molecular complexity index is 393. The van der Waals surface area contributed by atoms with E-state index in [4.69, 9.17) is 18.0 Å². The van der Waals surface area contributed by atoms with Crippen molar-refractivity contribution >= 4 is 23.0 Å². The first-order chi connectivity index (χ1) is 7.72. The number of hydrogen-bond donors (Lipinski definition) is 1. The molecule has 1 fully saturated rings. The highest BCUT2D eigenvalue weighted by Crippen LogP contribution is 2.25. The van der Waals surface area contributed by atoms with E-state index in [1.165, 1.54) is 12.8 Å². The molecule has 16 heavy (non-hydrogen) atoms. The SMILES string of the molecule is CCC1CCN(c2nnccc2C(N)=S)C1. The summed E-state index contributed by atoms with van der Waals surface area (Å²) in [4.78, 5) is 2.63. The monoisotopic (exact) mass is 236 g/mol. The van der Waals surface area contributed by atoms with Crippen LogP contribution in [0.4, 0.5) is 5.82 Å². The number of thiocarbonyl (C=S) groups is 1. The Kier molecular flexibility index (Phi) is 3.33. The van der Waals surface area contributed by atoms with Crippen LogP contribution in [0.5, 0.6) is 0 Å². The molecule has 0 spiro atoms.